The van der Waals surface area contributed by atoms with E-state index in [1.165, 1.54) is 6.07 Å². The van der Waals surface area contributed by atoms with Crippen LogP contribution in [-0.4, -0.2) is 79.9 Å². The molecule has 0 aromatic rings. The van der Waals surface area contributed by atoms with Gasteiger partial charge in [-0.1, -0.05) is 0 Å². The smallest absolute Gasteiger partial charge is 0.328 e. The van der Waals surface area contributed by atoms with Crippen molar-refractivity contribution in [1.82, 2.24) is 0 Å². The van der Waals surface area contributed by atoms with Gasteiger partial charge in [-0.15, -0.1) is 0 Å². The molecule has 6 N–H and O–H groups in total. The first-order chi connectivity index (χ1) is 11.7. The fraction of sp³-hybridized carbons (Fsp3) is 0.500. The van der Waals surface area contributed by atoms with E-state index in [4.69, 9.17) is 30.1 Å². The number of allylic oxidation sites excluding steroid dienone is 2. The van der Waals surface area contributed by atoms with E-state index in [9.17, 15) is 24.9 Å². The van der Waals surface area contributed by atoms with Crippen LogP contribution in [0, 0.1) is 11.3 Å². The normalized spacial score (nSPS) is 30.4. The summed E-state index contributed by atoms with van der Waals surface area (Å²) in [7, 11) is 0. The third kappa shape index (κ3) is 5.52. The third-order valence-electron chi connectivity index (χ3n) is 3.24. The van der Waals surface area contributed by atoms with E-state index >= 15 is 0 Å². The van der Waals surface area contributed by atoms with E-state index in [0.29, 0.717) is 6.08 Å². The molecular formula is C14H17NO10. The van der Waals surface area contributed by atoms with Crippen LogP contribution in [-0.2, 0) is 19.1 Å². The number of aliphatic carboxylic acids is 2. The third-order valence-corrected chi connectivity index (χ3v) is 3.24. The minimum atomic E-state index is -1.81. The molecule has 1 aliphatic rings. The molecular weight excluding hydrogens is 342 g/mol. The Morgan fingerprint density at radius 2 is 1.76 bits per heavy atom. The summed E-state index contributed by atoms with van der Waals surface area (Å²) in [4.78, 5) is 21.4. The Morgan fingerprint density at radius 3 is 2.24 bits per heavy atom. The second-order valence-corrected chi connectivity index (χ2v) is 5.02. The van der Waals surface area contributed by atoms with Crippen molar-refractivity contribution in [2.45, 2.75) is 37.1 Å². The SMILES string of the molecule is N#C/C(OC1OC(CO)C(O)C(O)C1O)=C(/C=C/C(=O)O)CC(=O)O. The van der Waals surface area contributed by atoms with Crippen molar-refractivity contribution in [3.63, 3.8) is 0 Å². The number of rotatable bonds is 7. The Bertz CT molecular complexity index is 605. The largest absolute Gasteiger partial charge is 0.481 e. The molecule has 0 bridgehead atoms. The highest BCUT2D eigenvalue weighted by Crippen LogP contribution is 2.25. The molecule has 0 aliphatic carbocycles. The van der Waals surface area contributed by atoms with Crippen LogP contribution in [0.4, 0.5) is 0 Å². The van der Waals surface area contributed by atoms with Crippen molar-refractivity contribution in [3.05, 3.63) is 23.5 Å². The fourth-order valence-corrected chi connectivity index (χ4v) is 2.00. The van der Waals surface area contributed by atoms with Gasteiger partial charge in [-0.3, -0.25) is 4.79 Å². The predicted octanol–water partition coefficient (Wildman–Crippen LogP) is -2.30. The number of hydrogen-bond acceptors (Lipinski definition) is 9. The summed E-state index contributed by atoms with van der Waals surface area (Å²) in [5, 5.41) is 64.8. The van der Waals surface area contributed by atoms with Gasteiger partial charge in [0.1, 0.15) is 30.5 Å². The van der Waals surface area contributed by atoms with Gasteiger partial charge in [0.15, 0.2) is 0 Å². The summed E-state index contributed by atoms with van der Waals surface area (Å²) >= 11 is 0. The summed E-state index contributed by atoms with van der Waals surface area (Å²) in [5.74, 6) is -3.44. The molecule has 5 atom stereocenters. The zero-order valence-corrected chi connectivity index (χ0v) is 12.7. The molecule has 0 spiro atoms. The van der Waals surface area contributed by atoms with Crippen LogP contribution >= 0.6 is 0 Å². The lowest BCUT2D eigenvalue weighted by atomic mass is 9.99. The number of ether oxygens (including phenoxy) is 2. The van der Waals surface area contributed by atoms with Crippen LogP contribution in [0.5, 0.6) is 0 Å². The maximum atomic E-state index is 10.9. The average Bonchev–Trinajstić information content (AvgIpc) is 2.55. The van der Waals surface area contributed by atoms with Crippen LogP contribution in [0.1, 0.15) is 6.42 Å². The Balaban J connectivity index is 3.12. The summed E-state index contributed by atoms with van der Waals surface area (Å²) < 4.78 is 10.1. The molecule has 11 heteroatoms. The maximum absolute atomic E-state index is 10.9. The molecule has 0 aromatic heterocycles. The zero-order valence-electron chi connectivity index (χ0n) is 12.7. The van der Waals surface area contributed by atoms with Crippen LogP contribution < -0.4 is 0 Å². The van der Waals surface area contributed by atoms with Crippen molar-refractivity contribution < 1.29 is 49.7 Å². The van der Waals surface area contributed by atoms with Gasteiger partial charge in [0.2, 0.25) is 12.0 Å². The van der Waals surface area contributed by atoms with Gasteiger partial charge >= 0.3 is 11.9 Å². The molecule has 1 saturated heterocycles. The van der Waals surface area contributed by atoms with E-state index in [2.05, 4.69) is 0 Å². The van der Waals surface area contributed by atoms with Gasteiger partial charge < -0.3 is 40.1 Å². The molecule has 0 aromatic carbocycles. The Hall–Kier alpha value is -2.49. The second kappa shape index (κ2) is 9.11. The van der Waals surface area contributed by atoms with Crippen LogP contribution in [0.2, 0.25) is 0 Å². The summed E-state index contributed by atoms with van der Waals surface area (Å²) in [5.41, 5.74) is -0.325. The number of aliphatic hydroxyl groups excluding tert-OH is 4. The number of nitrogens with zero attached hydrogens (tertiary/aromatic N) is 1. The standard InChI is InChI=1S/C14H17NO10/c15-4-7(6(3-10(19)20)1-2-9(17)18)24-14-13(23)12(22)11(21)8(5-16)25-14/h1-2,8,11-14,16,21-23H,3,5H2,(H,17,18)(H,19,20)/b2-1+,7-6+. The summed E-state index contributed by atoms with van der Waals surface area (Å²) in [6, 6.07) is 1.51. The van der Waals surface area contributed by atoms with E-state index < -0.39 is 61.4 Å². The minimum Gasteiger partial charge on any atom is -0.481 e. The van der Waals surface area contributed by atoms with Crippen molar-refractivity contribution >= 4 is 11.9 Å². The highest BCUT2D eigenvalue weighted by Gasteiger charge is 2.45. The van der Waals surface area contributed by atoms with E-state index in [-0.39, 0.29) is 5.57 Å². The van der Waals surface area contributed by atoms with E-state index in [1.54, 1.807) is 0 Å². The van der Waals surface area contributed by atoms with Crippen molar-refractivity contribution in [2.75, 3.05) is 6.61 Å². The Kier molecular flexibility index (Phi) is 7.49. The van der Waals surface area contributed by atoms with Gasteiger partial charge in [-0.05, 0) is 6.08 Å². The lowest BCUT2D eigenvalue weighted by molar-refractivity contribution is -0.290. The summed E-state index contributed by atoms with van der Waals surface area (Å²) in [6.45, 7) is -0.725. The topological polar surface area (TPSA) is 198 Å². The number of aliphatic hydroxyl groups is 4. The zero-order chi connectivity index (χ0) is 19.1. The first-order valence-corrected chi connectivity index (χ1v) is 6.94. The number of nitriles is 1. The van der Waals surface area contributed by atoms with Gasteiger partial charge in [0.05, 0.1) is 13.0 Å². The molecule has 0 saturated carbocycles. The molecule has 138 valence electrons. The number of carboxylic acid groups (broad SMARTS) is 2. The molecule has 1 aliphatic heterocycles. The highest BCUT2D eigenvalue weighted by molar-refractivity contribution is 5.81. The van der Waals surface area contributed by atoms with Crippen molar-refractivity contribution in [2.24, 2.45) is 0 Å². The molecule has 1 fully saturated rings. The van der Waals surface area contributed by atoms with E-state index in [0.717, 1.165) is 6.08 Å². The maximum Gasteiger partial charge on any atom is 0.328 e. The number of hydrogen-bond donors (Lipinski definition) is 6. The van der Waals surface area contributed by atoms with Crippen LogP contribution in [0.25, 0.3) is 0 Å². The van der Waals surface area contributed by atoms with Crippen molar-refractivity contribution in [3.8, 4) is 6.07 Å². The van der Waals surface area contributed by atoms with Crippen LogP contribution in [0.3, 0.4) is 0 Å². The molecule has 1 heterocycles. The number of carbonyl (C=O) groups is 2. The number of carboxylic acids is 2. The molecule has 0 amide bonds. The quantitative estimate of drug-likeness (QED) is 0.124. The van der Waals surface area contributed by atoms with Crippen LogP contribution in [0.15, 0.2) is 23.5 Å². The lowest BCUT2D eigenvalue weighted by Gasteiger charge is -2.39. The molecule has 1 rings (SSSR count). The minimum absolute atomic E-state index is 0.325. The monoisotopic (exact) mass is 359 g/mol. The van der Waals surface area contributed by atoms with E-state index in [1.807, 2.05) is 0 Å². The first kappa shape index (κ1) is 20.6. The highest BCUT2D eigenvalue weighted by atomic mass is 16.7. The fourth-order valence-electron chi connectivity index (χ4n) is 2.00. The molecule has 11 nitrogen and oxygen atoms in total. The van der Waals surface area contributed by atoms with Gasteiger partial charge in [0.25, 0.3) is 0 Å². The van der Waals surface area contributed by atoms with Crippen molar-refractivity contribution in [1.29, 1.82) is 5.26 Å². The summed E-state index contributed by atoms with van der Waals surface area (Å²) in [6.07, 6.45) is -7.54. The lowest BCUT2D eigenvalue weighted by Crippen LogP contribution is -2.59. The van der Waals surface area contributed by atoms with Gasteiger partial charge in [0, 0.05) is 11.6 Å². The Labute approximate surface area is 141 Å². The average molecular weight is 359 g/mol. The predicted molar refractivity (Wildman–Crippen MR) is 76.5 cm³/mol. The first-order valence-electron chi connectivity index (χ1n) is 6.94. The van der Waals surface area contributed by atoms with Gasteiger partial charge in [-0.25, -0.2) is 4.79 Å². The molecule has 0 radical (unpaired) electrons. The second-order valence-electron chi connectivity index (χ2n) is 5.02. The molecule has 5 unspecified atom stereocenters. The van der Waals surface area contributed by atoms with Gasteiger partial charge in [-0.2, -0.15) is 5.26 Å². The Morgan fingerprint density at radius 1 is 1.12 bits per heavy atom. The molecule has 25 heavy (non-hydrogen) atoms.